The number of thiocarbonyl (C=S) groups is 1. The molecule has 0 saturated heterocycles. The minimum Gasteiger partial charge on any atom is -0.497 e. The van der Waals surface area contributed by atoms with E-state index in [2.05, 4.69) is 32.6 Å². The van der Waals surface area contributed by atoms with E-state index in [1.807, 2.05) is 24.3 Å². The van der Waals surface area contributed by atoms with Crippen LogP contribution in [0, 0.1) is 0 Å². The molecule has 0 N–H and O–H groups in total. The molecular weight excluding hydrogens is 230 g/mol. The summed E-state index contributed by atoms with van der Waals surface area (Å²) in [5.74, 6) is 0.859. The van der Waals surface area contributed by atoms with Crippen molar-refractivity contribution in [1.29, 1.82) is 0 Å². The Morgan fingerprint density at radius 3 is 1.88 bits per heavy atom. The average molecular weight is 251 g/mol. The molecule has 0 aromatic heterocycles. The lowest BCUT2D eigenvalue weighted by molar-refractivity contribution is 0.298. The molecule has 0 fully saturated rings. The van der Waals surface area contributed by atoms with Gasteiger partial charge in [0.05, 0.1) is 7.11 Å². The van der Waals surface area contributed by atoms with Crippen molar-refractivity contribution in [2.75, 3.05) is 7.11 Å². The van der Waals surface area contributed by atoms with Crippen LogP contribution in [0.3, 0.4) is 0 Å². The average Bonchev–Trinajstić information content (AvgIpc) is 2.28. The van der Waals surface area contributed by atoms with Crippen LogP contribution in [0.1, 0.15) is 33.3 Å². The first-order valence-electron chi connectivity index (χ1n) is 5.94. The molecule has 0 bridgehead atoms. The highest BCUT2D eigenvalue weighted by Crippen LogP contribution is 2.17. The van der Waals surface area contributed by atoms with Crippen LogP contribution in [0.4, 0.5) is 0 Å². The van der Waals surface area contributed by atoms with E-state index in [-0.39, 0.29) is 0 Å². The molecule has 0 amide bonds. The molecule has 1 rings (SSSR count). The molecule has 0 unspecified atom stereocenters. The highest BCUT2D eigenvalue weighted by molar-refractivity contribution is 7.80. The third-order valence-corrected chi connectivity index (χ3v) is 3.13. The monoisotopic (exact) mass is 251 g/mol. The maximum absolute atomic E-state index is 5.56. The van der Waals surface area contributed by atoms with Gasteiger partial charge >= 0.3 is 0 Å². The zero-order valence-electron chi connectivity index (χ0n) is 11.2. The Kier molecular flexibility index (Phi) is 4.94. The predicted octanol–water partition coefficient (Wildman–Crippen LogP) is 3.49. The predicted molar refractivity (Wildman–Crippen MR) is 76.8 cm³/mol. The summed E-state index contributed by atoms with van der Waals surface area (Å²) in [7, 11) is 1.67. The molecule has 17 heavy (non-hydrogen) atoms. The van der Waals surface area contributed by atoms with Crippen LogP contribution < -0.4 is 4.74 Å². The Balaban J connectivity index is 2.93. The Morgan fingerprint density at radius 2 is 1.53 bits per heavy atom. The third kappa shape index (κ3) is 3.43. The largest absolute Gasteiger partial charge is 0.497 e. The lowest BCUT2D eigenvalue weighted by Crippen LogP contribution is -2.41. The van der Waals surface area contributed by atoms with Gasteiger partial charge in [-0.25, -0.2) is 0 Å². The maximum Gasteiger partial charge on any atom is 0.118 e. The zero-order chi connectivity index (χ0) is 13.0. The second-order valence-corrected chi connectivity index (χ2v) is 5.02. The quantitative estimate of drug-likeness (QED) is 0.760. The maximum atomic E-state index is 5.56. The molecule has 1 aromatic carbocycles. The molecule has 0 spiro atoms. The highest BCUT2D eigenvalue weighted by Gasteiger charge is 2.17. The molecule has 0 heterocycles. The van der Waals surface area contributed by atoms with E-state index in [1.165, 1.54) is 0 Å². The summed E-state index contributed by atoms with van der Waals surface area (Å²) in [6, 6.07) is 8.73. The van der Waals surface area contributed by atoms with Gasteiger partial charge in [-0.15, -0.1) is 0 Å². The Hall–Kier alpha value is -1.09. The fourth-order valence-electron chi connectivity index (χ4n) is 1.95. The molecule has 3 heteroatoms. The Morgan fingerprint density at radius 1 is 1.06 bits per heavy atom. The van der Waals surface area contributed by atoms with Crippen LogP contribution >= 0.6 is 12.2 Å². The van der Waals surface area contributed by atoms with Gasteiger partial charge in [-0.2, -0.15) is 0 Å². The van der Waals surface area contributed by atoms with Crippen LogP contribution in [0.15, 0.2) is 24.3 Å². The fourth-order valence-corrected chi connectivity index (χ4v) is 2.51. The van der Waals surface area contributed by atoms with E-state index in [0.29, 0.717) is 12.1 Å². The van der Waals surface area contributed by atoms with E-state index in [0.717, 1.165) is 16.3 Å². The number of methoxy groups -OCH3 is 1. The summed E-state index contributed by atoms with van der Waals surface area (Å²) in [6.45, 7) is 8.65. The first kappa shape index (κ1) is 14.0. The van der Waals surface area contributed by atoms with E-state index in [9.17, 15) is 0 Å². The van der Waals surface area contributed by atoms with Gasteiger partial charge in [0.1, 0.15) is 10.7 Å². The van der Waals surface area contributed by atoms with Crippen molar-refractivity contribution >= 4 is 17.2 Å². The fraction of sp³-hybridized carbons (Fsp3) is 0.500. The molecule has 2 nitrogen and oxygen atoms in total. The molecule has 94 valence electrons. The van der Waals surface area contributed by atoms with Crippen molar-refractivity contribution in [3.8, 4) is 5.75 Å². The summed E-state index contributed by atoms with van der Waals surface area (Å²) >= 11 is 5.56. The first-order chi connectivity index (χ1) is 7.97. The van der Waals surface area contributed by atoms with E-state index < -0.39 is 0 Å². The summed E-state index contributed by atoms with van der Waals surface area (Å²) in [6.07, 6.45) is 0. The van der Waals surface area contributed by atoms with Crippen LogP contribution in [0.25, 0.3) is 0 Å². The Bertz CT molecular complexity index is 362. The van der Waals surface area contributed by atoms with Gasteiger partial charge in [-0.05, 0) is 52.0 Å². The van der Waals surface area contributed by atoms with Crippen molar-refractivity contribution in [2.24, 2.45) is 0 Å². The Labute approximate surface area is 110 Å². The van der Waals surface area contributed by atoms with Gasteiger partial charge in [0.15, 0.2) is 0 Å². The summed E-state index contributed by atoms with van der Waals surface area (Å²) < 4.78 is 5.15. The standard InChI is InChI=1S/C14H21NOS/c1-10(2)15(11(3)4)14(17)12-6-8-13(16-5)9-7-12/h6-11H,1-5H3. The number of nitrogens with zero attached hydrogens (tertiary/aromatic N) is 1. The van der Waals surface area contributed by atoms with Crippen LogP contribution in [0.2, 0.25) is 0 Å². The summed E-state index contributed by atoms with van der Waals surface area (Å²) in [5.41, 5.74) is 1.07. The van der Waals surface area contributed by atoms with E-state index >= 15 is 0 Å². The summed E-state index contributed by atoms with van der Waals surface area (Å²) in [4.78, 5) is 3.15. The van der Waals surface area contributed by atoms with Crippen molar-refractivity contribution < 1.29 is 4.74 Å². The minimum atomic E-state index is 0.407. The second kappa shape index (κ2) is 6.01. The highest BCUT2D eigenvalue weighted by atomic mass is 32.1. The molecule has 0 radical (unpaired) electrons. The zero-order valence-corrected chi connectivity index (χ0v) is 12.0. The molecule has 1 aromatic rings. The lowest BCUT2D eigenvalue weighted by atomic mass is 10.1. The van der Waals surface area contributed by atoms with Crippen molar-refractivity contribution in [3.05, 3.63) is 29.8 Å². The van der Waals surface area contributed by atoms with Gasteiger partial charge in [-0.3, -0.25) is 0 Å². The van der Waals surface area contributed by atoms with Crippen molar-refractivity contribution in [1.82, 2.24) is 4.90 Å². The summed E-state index contributed by atoms with van der Waals surface area (Å²) in [5, 5.41) is 0. The molecule has 0 aliphatic rings. The van der Waals surface area contributed by atoms with Gasteiger partial charge in [0.25, 0.3) is 0 Å². The topological polar surface area (TPSA) is 12.5 Å². The second-order valence-electron chi connectivity index (χ2n) is 4.63. The molecule has 0 aliphatic carbocycles. The van der Waals surface area contributed by atoms with Crippen molar-refractivity contribution in [2.45, 2.75) is 39.8 Å². The number of hydrogen-bond acceptors (Lipinski definition) is 2. The third-order valence-electron chi connectivity index (χ3n) is 2.68. The number of hydrogen-bond donors (Lipinski definition) is 0. The first-order valence-corrected chi connectivity index (χ1v) is 6.35. The van der Waals surface area contributed by atoms with Gasteiger partial charge < -0.3 is 9.64 Å². The van der Waals surface area contributed by atoms with Crippen LogP contribution in [-0.4, -0.2) is 29.1 Å². The normalized spacial score (nSPS) is 10.8. The van der Waals surface area contributed by atoms with Crippen molar-refractivity contribution in [3.63, 3.8) is 0 Å². The smallest absolute Gasteiger partial charge is 0.118 e. The van der Waals surface area contributed by atoms with Gasteiger partial charge in [0, 0.05) is 17.6 Å². The lowest BCUT2D eigenvalue weighted by Gasteiger charge is -2.33. The van der Waals surface area contributed by atoms with Crippen LogP contribution in [-0.2, 0) is 0 Å². The molecule has 0 saturated carbocycles. The SMILES string of the molecule is COc1ccc(C(=S)N(C(C)C)C(C)C)cc1. The number of rotatable bonds is 4. The number of ether oxygens (including phenoxy) is 1. The van der Waals surface area contributed by atoms with Gasteiger partial charge in [-0.1, -0.05) is 12.2 Å². The van der Waals surface area contributed by atoms with E-state index in [1.54, 1.807) is 7.11 Å². The van der Waals surface area contributed by atoms with Gasteiger partial charge in [0.2, 0.25) is 0 Å². The van der Waals surface area contributed by atoms with E-state index in [4.69, 9.17) is 17.0 Å². The molecule has 0 atom stereocenters. The molecular formula is C14H21NOS. The molecule has 0 aliphatic heterocycles. The number of benzene rings is 1. The minimum absolute atomic E-state index is 0.407. The van der Waals surface area contributed by atoms with Crippen LogP contribution in [0.5, 0.6) is 5.75 Å².